The lowest BCUT2D eigenvalue weighted by Gasteiger charge is -2.09. The molecule has 1 aromatic carbocycles. The molecule has 1 N–H and O–H groups in total. The Morgan fingerprint density at radius 2 is 1.89 bits per heavy atom. The van der Waals surface area contributed by atoms with Gasteiger partial charge < -0.3 is 19.0 Å². The van der Waals surface area contributed by atoms with E-state index < -0.39 is 0 Å². The minimum Gasteiger partial charge on any atom is -0.496 e. The maximum Gasteiger partial charge on any atom is 0.251 e. The second kappa shape index (κ2) is 8.26. The molecule has 0 spiro atoms. The molecule has 3 aromatic rings. The van der Waals surface area contributed by atoms with Crippen LogP contribution in [-0.2, 0) is 5.75 Å². The standard InChI is InChI=1S/C18H20N4O4S/c1-10(2)11-8-14(23)20-18(19-11)27-9-15-21-17(22-26-15)16-12(24-3)6-5-7-13(16)25-4/h5-8,10H,9H2,1-4H3,(H,19,20,23). The number of aromatic amines is 1. The highest BCUT2D eigenvalue weighted by Crippen LogP contribution is 2.36. The van der Waals surface area contributed by atoms with Crippen LogP contribution in [0.2, 0.25) is 0 Å². The van der Waals surface area contributed by atoms with Gasteiger partial charge in [-0.15, -0.1) is 0 Å². The molecule has 0 aliphatic heterocycles. The van der Waals surface area contributed by atoms with Crippen molar-refractivity contribution in [2.24, 2.45) is 0 Å². The van der Waals surface area contributed by atoms with E-state index in [1.54, 1.807) is 26.4 Å². The molecular formula is C18H20N4O4S. The molecule has 0 saturated carbocycles. The van der Waals surface area contributed by atoms with Crippen LogP contribution >= 0.6 is 11.8 Å². The van der Waals surface area contributed by atoms with Crippen LogP contribution in [0.4, 0.5) is 0 Å². The maximum absolute atomic E-state index is 11.8. The summed E-state index contributed by atoms with van der Waals surface area (Å²) in [5.74, 6) is 2.49. The van der Waals surface area contributed by atoms with E-state index in [1.807, 2.05) is 19.9 Å². The molecule has 27 heavy (non-hydrogen) atoms. The zero-order valence-electron chi connectivity index (χ0n) is 15.5. The maximum atomic E-state index is 11.8. The quantitative estimate of drug-likeness (QED) is 0.486. The number of aromatic nitrogens is 4. The molecule has 3 rings (SSSR count). The Morgan fingerprint density at radius 1 is 1.19 bits per heavy atom. The lowest BCUT2D eigenvalue weighted by molar-refractivity contribution is 0.385. The zero-order valence-corrected chi connectivity index (χ0v) is 16.3. The van der Waals surface area contributed by atoms with Gasteiger partial charge in [0, 0.05) is 6.07 Å². The number of hydrogen-bond acceptors (Lipinski definition) is 8. The smallest absolute Gasteiger partial charge is 0.251 e. The molecule has 2 heterocycles. The molecule has 0 aliphatic rings. The first-order valence-corrected chi connectivity index (χ1v) is 9.28. The number of nitrogens with one attached hydrogen (secondary N) is 1. The van der Waals surface area contributed by atoms with Gasteiger partial charge in [-0.3, -0.25) is 4.79 Å². The average Bonchev–Trinajstić information content (AvgIpc) is 3.13. The fraction of sp³-hybridized carbons (Fsp3) is 0.333. The van der Waals surface area contributed by atoms with Gasteiger partial charge in [0.1, 0.15) is 17.1 Å². The summed E-state index contributed by atoms with van der Waals surface area (Å²) in [4.78, 5) is 23.3. The molecule has 0 fully saturated rings. The zero-order chi connectivity index (χ0) is 19.4. The molecule has 142 valence electrons. The summed E-state index contributed by atoms with van der Waals surface area (Å²) < 4.78 is 16.1. The van der Waals surface area contributed by atoms with E-state index in [-0.39, 0.29) is 11.5 Å². The Labute approximate surface area is 160 Å². The fourth-order valence-electron chi connectivity index (χ4n) is 2.43. The Morgan fingerprint density at radius 3 is 2.52 bits per heavy atom. The van der Waals surface area contributed by atoms with Gasteiger partial charge in [0.05, 0.1) is 25.7 Å². The van der Waals surface area contributed by atoms with Gasteiger partial charge in [0.15, 0.2) is 5.16 Å². The van der Waals surface area contributed by atoms with Crippen LogP contribution in [0, 0.1) is 0 Å². The van der Waals surface area contributed by atoms with Crippen LogP contribution < -0.4 is 15.0 Å². The lowest BCUT2D eigenvalue weighted by Crippen LogP contribution is -2.10. The van der Waals surface area contributed by atoms with Crippen molar-refractivity contribution in [2.75, 3.05) is 14.2 Å². The second-order valence-electron chi connectivity index (χ2n) is 5.97. The number of thioether (sulfide) groups is 1. The summed E-state index contributed by atoms with van der Waals surface area (Å²) in [5, 5.41) is 4.54. The van der Waals surface area contributed by atoms with Gasteiger partial charge in [0.25, 0.3) is 5.56 Å². The number of H-pyrrole nitrogens is 1. The second-order valence-corrected chi connectivity index (χ2v) is 6.93. The Hall–Kier alpha value is -2.81. The van der Waals surface area contributed by atoms with Gasteiger partial charge in [-0.1, -0.05) is 36.8 Å². The van der Waals surface area contributed by atoms with E-state index in [0.717, 1.165) is 5.69 Å². The van der Waals surface area contributed by atoms with Crippen molar-refractivity contribution in [2.45, 2.75) is 30.7 Å². The largest absolute Gasteiger partial charge is 0.496 e. The van der Waals surface area contributed by atoms with Crippen LogP contribution in [0.25, 0.3) is 11.4 Å². The first kappa shape index (κ1) is 19.0. The monoisotopic (exact) mass is 388 g/mol. The molecule has 0 bridgehead atoms. The molecule has 0 saturated heterocycles. The van der Waals surface area contributed by atoms with Crippen molar-refractivity contribution < 1.29 is 14.0 Å². The Kier molecular flexibility index (Phi) is 5.80. The molecule has 0 radical (unpaired) electrons. The van der Waals surface area contributed by atoms with E-state index in [4.69, 9.17) is 14.0 Å². The van der Waals surface area contributed by atoms with Crippen molar-refractivity contribution in [3.63, 3.8) is 0 Å². The van der Waals surface area contributed by atoms with Crippen LogP contribution in [0.5, 0.6) is 11.5 Å². The predicted octanol–water partition coefficient (Wildman–Crippen LogP) is 3.25. The number of hydrogen-bond donors (Lipinski definition) is 1. The summed E-state index contributed by atoms with van der Waals surface area (Å²) in [5.41, 5.74) is 1.18. The molecule has 0 aliphatic carbocycles. The van der Waals surface area contributed by atoms with Crippen molar-refractivity contribution in [3.05, 3.63) is 46.2 Å². The summed E-state index contributed by atoms with van der Waals surface area (Å²) >= 11 is 1.32. The van der Waals surface area contributed by atoms with Gasteiger partial charge in [0.2, 0.25) is 11.7 Å². The summed E-state index contributed by atoms with van der Waals surface area (Å²) in [6.45, 7) is 3.97. The van der Waals surface area contributed by atoms with Crippen molar-refractivity contribution in [3.8, 4) is 22.9 Å². The molecular weight excluding hydrogens is 368 g/mol. The third-order valence-corrected chi connectivity index (χ3v) is 4.64. The average molecular weight is 388 g/mol. The molecule has 0 atom stereocenters. The van der Waals surface area contributed by atoms with Gasteiger partial charge >= 0.3 is 0 Å². The fourth-order valence-corrected chi connectivity index (χ4v) is 3.15. The number of rotatable bonds is 7. The van der Waals surface area contributed by atoms with E-state index >= 15 is 0 Å². The van der Waals surface area contributed by atoms with E-state index in [2.05, 4.69) is 20.1 Å². The van der Waals surface area contributed by atoms with Crippen LogP contribution in [0.1, 0.15) is 31.4 Å². The molecule has 2 aromatic heterocycles. The van der Waals surface area contributed by atoms with Crippen molar-refractivity contribution in [1.82, 2.24) is 20.1 Å². The summed E-state index contributed by atoms with van der Waals surface area (Å²) in [6.07, 6.45) is 0. The van der Waals surface area contributed by atoms with E-state index in [9.17, 15) is 4.79 Å². The third kappa shape index (κ3) is 4.30. The van der Waals surface area contributed by atoms with Crippen LogP contribution in [0.3, 0.4) is 0 Å². The summed E-state index contributed by atoms with van der Waals surface area (Å²) in [6, 6.07) is 6.93. The number of methoxy groups -OCH3 is 2. The van der Waals surface area contributed by atoms with Gasteiger partial charge in [-0.2, -0.15) is 4.98 Å². The van der Waals surface area contributed by atoms with Gasteiger partial charge in [-0.25, -0.2) is 4.98 Å². The van der Waals surface area contributed by atoms with Gasteiger partial charge in [-0.05, 0) is 18.1 Å². The minimum atomic E-state index is -0.179. The lowest BCUT2D eigenvalue weighted by atomic mass is 10.1. The summed E-state index contributed by atoms with van der Waals surface area (Å²) in [7, 11) is 3.14. The molecule has 8 nitrogen and oxygen atoms in total. The normalized spacial score (nSPS) is 11.0. The first-order chi connectivity index (χ1) is 13.0. The predicted molar refractivity (Wildman–Crippen MR) is 101 cm³/mol. The highest BCUT2D eigenvalue weighted by molar-refractivity contribution is 7.98. The number of benzene rings is 1. The molecule has 0 unspecified atom stereocenters. The van der Waals surface area contributed by atoms with Crippen LogP contribution in [-0.4, -0.2) is 34.3 Å². The molecule has 9 heteroatoms. The highest BCUT2D eigenvalue weighted by atomic mass is 32.2. The molecule has 0 amide bonds. The van der Waals surface area contributed by atoms with Crippen molar-refractivity contribution in [1.29, 1.82) is 0 Å². The van der Waals surface area contributed by atoms with Crippen molar-refractivity contribution >= 4 is 11.8 Å². The third-order valence-electron chi connectivity index (χ3n) is 3.78. The number of ether oxygens (including phenoxy) is 2. The topological polar surface area (TPSA) is 103 Å². The van der Waals surface area contributed by atoms with E-state index in [0.29, 0.717) is 39.7 Å². The minimum absolute atomic E-state index is 0.166. The Bertz CT molecular complexity index is 961. The number of nitrogens with zero attached hydrogens (tertiary/aromatic N) is 3. The van der Waals surface area contributed by atoms with E-state index in [1.165, 1.54) is 17.8 Å². The first-order valence-electron chi connectivity index (χ1n) is 8.29. The highest BCUT2D eigenvalue weighted by Gasteiger charge is 2.18. The van der Waals surface area contributed by atoms with Crippen LogP contribution in [0.15, 0.2) is 38.7 Å². The SMILES string of the molecule is COc1cccc(OC)c1-c1noc(CSc2nc(C(C)C)cc(=O)[nH]2)n1. The Balaban J connectivity index is 1.81.